The van der Waals surface area contributed by atoms with Crippen LogP contribution in [0.4, 0.5) is 0 Å². The molecule has 4 heteroatoms. The molecule has 1 aromatic carbocycles. The first kappa shape index (κ1) is 17.3. The lowest BCUT2D eigenvalue weighted by molar-refractivity contribution is -0.117. The predicted octanol–water partition coefficient (Wildman–Crippen LogP) is 3.43. The van der Waals surface area contributed by atoms with E-state index in [4.69, 9.17) is 0 Å². The van der Waals surface area contributed by atoms with Gasteiger partial charge in [-0.15, -0.1) is 0 Å². The highest BCUT2D eigenvalue weighted by molar-refractivity contribution is 5.92. The molecule has 1 aliphatic rings. The third-order valence-electron chi connectivity index (χ3n) is 4.79. The topological polar surface area (TPSA) is 55.4 Å². The summed E-state index contributed by atoms with van der Waals surface area (Å²) >= 11 is 0. The molecule has 3 unspecified atom stereocenters. The van der Waals surface area contributed by atoms with Crippen LogP contribution in [0.25, 0.3) is 6.08 Å². The van der Waals surface area contributed by atoms with Crippen molar-refractivity contribution in [2.45, 2.75) is 39.2 Å². The second-order valence-corrected chi connectivity index (χ2v) is 6.33. The van der Waals surface area contributed by atoms with E-state index in [0.29, 0.717) is 17.4 Å². The lowest BCUT2D eigenvalue weighted by Crippen LogP contribution is -2.43. The smallest absolute Gasteiger partial charge is 0.337 e. The first-order chi connectivity index (χ1) is 11.0. The Labute approximate surface area is 137 Å². The normalized spacial score (nSPS) is 24.4. The summed E-state index contributed by atoms with van der Waals surface area (Å²) in [6.45, 7) is 4.46. The van der Waals surface area contributed by atoms with E-state index >= 15 is 0 Å². The second-order valence-electron chi connectivity index (χ2n) is 6.33. The van der Waals surface area contributed by atoms with Gasteiger partial charge in [0.25, 0.3) is 0 Å². The van der Waals surface area contributed by atoms with Crippen LogP contribution in [0.1, 0.15) is 49.0 Å². The standard InChI is InChI=1S/C19H25NO3/c1-13-5-4-6-17(14(13)2)20-18(21)12-9-15-7-10-16(11-8-15)19(22)23-3/h7-14,17H,4-6H2,1-3H3,(H,20,21)/b12-9+. The van der Waals surface area contributed by atoms with Gasteiger partial charge in [0.15, 0.2) is 0 Å². The Kier molecular flexibility index (Phi) is 5.97. The third-order valence-corrected chi connectivity index (χ3v) is 4.79. The highest BCUT2D eigenvalue weighted by Gasteiger charge is 2.27. The molecule has 0 bridgehead atoms. The Morgan fingerprint density at radius 1 is 1.17 bits per heavy atom. The Balaban J connectivity index is 1.91. The van der Waals surface area contributed by atoms with Gasteiger partial charge in [0.2, 0.25) is 5.91 Å². The fraction of sp³-hybridized carbons (Fsp3) is 0.474. The van der Waals surface area contributed by atoms with Gasteiger partial charge in [-0.3, -0.25) is 4.79 Å². The van der Waals surface area contributed by atoms with Crippen LogP contribution in [0.5, 0.6) is 0 Å². The monoisotopic (exact) mass is 315 g/mol. The van der Waals surface area contributed by atoms with Gasteiger partial charge in [-0.25, -0.2) is 4.79 Å². The SMILES string of the molecule is COC(=O)c1ccc(/C=C/C(=O)NC2CCCC(C)C2C)cc1. The third kappa shape index (κ3) is 4.68. The summed E-state index contributed by atoms with van der Waals surface area (Å²) in [7, 11) is 1.35. The van der Waals surface area contributed by atoms with Crippen LogP contribution in [-0.4, -0.2) is 25.0 Å². The predicted molar refractivity (Wildman–Crippen MR) is 90.9 cm³/mol. The molecule has 1 saturated carbocycles. The van der Waals surface area contributed by atoms with E-state index in [1.165, 1.54) is 20.0 Å². The van der Waals surface area contributed by atoms with E-state index in [0.717, 1.165) is 12.0 Å². The average molecular weight is 315 g/mol. The van der Waals surface area contributed by atoms with E-state index < -0.39 is 0 Å². The summed E-state index contributed by atoms with van der Waals surface area (Å²) in [4.78, 5) is 23.5. The Hall–Kier alpha value is -2.10. The van der Waals surface area contributed by atoms with Crippen LogP contribution in [0.3, 0.4) is 0 Å². The van der Waals surface area contributed by atoms with Gasteiger partial charge in [0.1, 0.15) is 0 Å². The maximum atomic E-state index is 12.1. The molecule has 2 rings (SSSR count). The maximum Gasteiger partial charge on any atom is 0.337 e. The number of ether oxygens (including phenoxy) is 1. The zero-order valence-electron chi connectivity index (χ0n) is 14.0. The number of methoxy groups -OCH3 is 1. The largest absolute Gasteiger partial charge is 0.465 e. The molecule has 1 N–H and O–H groups in total. The van der Waals surface area contributed by atoms with E-state index in [1.54, 1.807) is 36.4 Å². The second kappa shape index (κ2) is 7.95. The van der Waals surface area contributed by atoms with Crippen molar-refractivity contribution in [3.63, 3.8) is 0 Å². The Morgan fingerprint density at radius 2 is 1.87 bits per heavy atom. The lowest BCUT2D eigenvalue weighted by atomic mass is 9.78. The molecule has 1 aromatic rings. The van der Waals surface area contributed by atoms with Gasteiger partial charge in [0.05, 0.1) is 12.7 Å². The zero-order valence-corrected chi connectivity index (χ0v) is 14.0. The number of amides is 1. The summed E-state index contributed by atoms with van der Waals surface area (Å²) in [6.07, 6.45) is 6.79. The first-order valence-corrected chi connectivity index (χ1v) is 8.18. The minimum absolute atomic E-state index is 0.0620. The fourth-order valence-corrected chi connectivity index (χ4v) is 3.04. The minimum atomic E-state index is -0.362. The van der Waals surface area contributed by atoms with E-state index in [2.05, 4.69) is 23.9 Å². The summed E-state index contributed by atoms with van der Waals surface area (Å²) in [6, 6.07) is 7.23. The Bertz CT molecular complexity index is 577. The fourth-order valence-electron chi connectivity index (χ4n) is 3.04. The van der Waals surface area contributed by atoms with Gasteiger partial charge < -0.3 is 10.1 Å². The van der Waals surface area contributed by atoms with Gasteiger partial charge in [-0.05, 0) is 42.0 Å². The molecule has 0 aromatic heterocycles. The van der Waals surface area contributed by atoms with Gasteiger partial charge >= 0.3 is 5.97 Å². The summed E-state index contributed by atoms with van der Waals surface area (Å²) < 4.78 is 4.66. The molecule has 0 heterocycles. The molecule has 4 nitrogen and oxygen atoms in total. The average Bonchev–Trinajstić information content (AvgIpc) is 2.57. The van der Waals surface area contributed by atoms with Gasteiger partial charge in [-0.2, -0.15) is 0 Å². The van der Waals surface area contributed by atoms with Gasteiger partial charge in [0, 0.05) is 12.1 Å². The van der Waals surface area contributed by atoms with E-state index in [9.17, 15) is 9.59 Å². The molecule has 0 saturated heterocycles. The molecule has 0 aliphatic heterocycles. The molecule has 0 radical (unpaired) electrons. The van der Waals surface area contributed by atoms with Crippen molar-refractivity contribution in [1.82, 2.24) is 5.32 Å². The number of esters is 1. The van der Waals surface area contributed by atoms with E-state index in [-0.39, 0.29) is 17.9 Å². The van der Waals surface area contributed by atoms with Crippen molar-refractivity contribution < 1.29 is 14.3 Å². The van der Waals surface area contributed by atoms with Crippen molar-refractivity contribution in [2.75, 3.05) is 7.11 Å². The van der Waals surface area contributed by atoms with Crippen LogP contribution in [0.15, 0.2) is 30.3 Å². The summed E-state index contributed by atoms with van der Waals surface area (Å²) in [5, 5.41) is 3.11. The summed E-state index contributed by atoms with van der Waals surface area (Å²) in [5.74, 6) is 0.746. The van der Waals surface area contributed by atoms with Crippen molar-refractivity contribution in [1.29, 1.82) is 0 Å². The number of carbonyl (C=O) groups excluding carboxylic acids is 2. The molecule has 1 amide bonds. The zero-order chi connectivity index (χ0) is 16.8. The van der Waals surface area contributed by atoms with Crippen molar-refractivity contribution >= 4 is 18.0 Å². The molecular formula is C19H25NO3. The van der Waals surface area contributed by atoms with Gasteiger partial charge in [-0.1, -0.05) is 38.8 Å². The molecular weight excluding hydrogens is 290 g/mol. The number of rotatable bonds is 4. The number of hydrogen-bond donors (Lipinski definition) is 1. The summed E-state index contributed by atoms with van der Waals surface area (Å²) in [5.41, 5.74) is 1.37. The van der Waals surface area contributed by atoms with Crippen molar-refractivity contribution in [2.24, 2.45) is 11.8 Å². The highest BCUT2D eigenvalue weighted by Crippen LogP contribution is 2.29. The number of nitrogens with one attached hydrogen (secondary N) is 1. The highest BCUT2D eigenvalue weighted by atomic mass is 16.5. The molecule has 3 atom stereocenters. The lowest BCUT2D eigenvalue weighted by Gasteiger charge is -2.34. The van der Waals surface area contributed by atoms with E-state index in [1.807, 2.05) is 0 Å². The van der Waals surface area contributed by atoms with Crippen molar-refractivity contribution in [3.05, 3.63) is 41.5 Å². The van der Waals surface area contributed by atoms with Crippen LogP contribution in [-0.2, 0) is 9.53 Å². The Morgan fingerprint density at radius 3 is 2.52 bits per heavy atom. The maximum absolute atomic E-state index is 12.1. The molecule has 1 aliphatic carbocycles. The minimum Gasteiger partial charge on any atom is -0.465 e. The molecule has 23 heavy (non-hydrogen) atoms. The molecule has 1 fully saturated rings. The van der Waals surface area contributed by atoms with Crippen LogP contribution >= 0.6 is 0 Å². The quantitative estimate of drug-likeness (QED) is 0.684. The van der Waals surface area contributed by atoms with Crippen LogP contribution in [0.2, 0.25) is 0 Å². The number of carbonyl (C=O) groups is 2. The van der Waals surface area contributed by atoms with Crippen LogP contribution < -0.4 is 5.32 Å². The molecule has 124 valence electrons. The van der Waals surface area contributed by atoms with Crippen LogP contribution in [0, 0.1) is 11.8 Å². The molecule has 0 spiro atoms. The first-order valence-electron chi connectivity index (χ1n) is 8.18. The number of hydrogen-bond acceptors (Lipinski definition) is 3. The van der Waals surface area contributed by atoms with Crippen molar-refractivity contribution in [3.8, 4) is 0 Å². The number of benzene rings is 1.